The van der Waals surface area contributed by atoms with Gasteiger partial charge in [-0.3, -0.25) is 9.69 Å². The molecule has 0 aromatic rings. The third kappa shape index (κ3) is 2.42. The summed E-state index contributed by atoms with van der Waals surface area (Å²) in [6, 6.07) is -0.534. The fraction of sp³-hybridized carbons (Fsp3) is 0.538. The van der Waals surface area contributed by atoms with E-state index in [2.05, 4.69) is 6.58 Å². The van der Waals surface area contributed by atoms with Crippen molar-refractivity contribution >= 4 is 23.6 Å². The van der Waals surface area contributed by atoms with Crippen molar-refractivity contribution in [2.45, 2.75) is 37.8 Å². The Morgan fingerprint density at radius 1 is 1.58 bits per heavy atom. The maximum Gasteiger partial charge on any atom is 0.355 e. The normalized spacial score (nSPS) is 26.7. The molecule has 2 aliphatic rings. The summed E-state index contributed by atoms with van der Waals surface area (Å²) >= 11 is 1.54. The molecule has 0 aliphatic carbocycles. The largest absolute Gasteiger partial charge is 0.455 e. The van der Waals surface area contributed by atoms with Crippen LogP contribution >= 0.6 is 11.8 Å². The molecule has 0 saturated carbocycles. The van der Waals surface area contributed by atoms with Crippen LogP contribution in [0.5, 0.6) is 0 Å². The second-order valence-corrected chi connectivity index (χ2v) is 6.62. The van der Waals surface area contributed by atoms with Crippen LogP contribution in [0.3, 0.4) is 0 Å². The molecule has 2 atom stereocenters. The fourth-order valence-corrected chi connectivity index (χ4v) is 3.30. The minimum absolute atomic E-state index is 0.168. The molecular formula is C13H18N2O3S. The Labute approximate surface area is 116 Å². The lowest BCUT2D eigenvalue weighted by Crippen LogP contribution is -2.68. The van der Waals surface area contributed by atoms with E-state index in [1.807, 2.05) is 0 Å². The van der Waals surface area contributed by atoms with Gasteiger partial charge in [0.25, 0.3) is 0 Å². The highest BCUT2D eigenvalue weighted by atomic mass is 32.2. The van der Waals surface area contributed by atoms with E-state index in [4.69, 9.17) is 10.5 Å². The number of nitrogens with zero attached hydrogens (tertiary/aromatic N) is 1. The molecule has 0 bridgehead atoms. The van der Waals surface area contributed by atoms with Crippen LogP contribution in [0.25, 0.3) is 0 Å². The lowest BCUT2D eigenvalue weighted by Gasteiger charge is -2.48. The Morgan fingerprint density at radius 3 is 2.74 bits per heavy atom. The van der Waals surface area contributed by atoms with E-state index in [0.717, 1.165) is 5.57 Å². The molecule has 0 radical (unpaired) electrons. The van der Waals surface area contributed by atoms with E-state index in [-0.39, 0.29) is 11.3 Å². The first kappa shape index (κ1) is 14.1. The number of fused-ring (bicyclic) bond motifs is 1. The van der Waals surface area contributed by atoms with E-state index in [1.54, 1.807) is 26.8 Å². The number of amides is 1. The summed E-state index contributed by atoms with van der Waals surface area (Å²) in [4.78, 5) is 25.5. The number of carbonyl (C=O) groups is 2. The summed E-state index contributed by atoms with van der Waals surface area (Å²) in [7, 11) is 0. The topological polar surface area (TPSA) is 72.6 Å². The van der Waals surface area contributed by atoms with Crippen molar-refractivity contribution in [3.05, 3.63) is 23.9 Å². The average molecular weight is 282 g/mol. The summed E-state index contributed by atoms with van der Waals surface area (Å²) < 4.78 is 5.36. The van der Waals surface area contributed by atoms with Crippen molar-refractivity contribution in [2.24, 2.45) is 5.73 Å². The lowest BCUT2D eigenvalue weighted by molar-refractivity contribution is -0.157. The SMILES string of the molecule is C=CC1=C(C(=O)OC(C)(C)C)N2C(=O)C(N)[C@H]2SC1. The number of rotatable bonds is 2. The van der Waals surface area contributed by atoms with Crippen LogP contribution in [0.4, 0.5) is 0 Å². The highest BCUT2D eigenvalue weighted by molar-refractivity contribution is 8.00. The molecule has 1 unspecified atom stereocenters. The van der Waals surface area contributed by atoms with E-state index in [1.165, 1.54) is 16.7 Å². The van der Waals surface area contributed by atoms with Crippen LogP contribution in [0.2, 0.25) is 0 Å². The van der Waals surface area contributed by atoms with Gasteiger partial charge in [-0.25, -0.2) is 4.79 Å². The van der Waals surface area contributed by atoms with E-state index in [9.17, 15) is 9.59 Å². The summed E-state index contributed by atoms with van der Waals surface area (Å²) in [6.45, 7) is 9.06. The van der Waals surface area contributed by atoms with Crippen LogP contribution in [-0.4, -0.2) is 39.5 Å². The highest BCUT2D eigenvalue weighted by Gasteiger charge is 2.52. The first-order valence-corrected chi connectivity index (χ1v) is 7.10. The third-order valence-corrected chi connectivity index (χ3v) is 4.20. The van der Waals surface area contributed by atoms with Crippen LogP contribution < -0.4 is 5.73 Å². The zero-order chi connectivity index (χ0) is 14.4. The molecule has 1 fully saturated rings. The van der Waals surface area contributed by atoms with Crippen LogP contribution in [0.15, 0.2) is 23.9 Å². The summed E-state index contributed by atoms with van der Waals surface area (Å²) in [5, 5.41) is -0.168. The summed E-state index contributed by atoms with van der Waals surface area (Å²) in [5.74, 6) is -0.120. The number of esters is 1. The van der Waals surface area contributed by atoms with Crippen LogP contribution in [0, 0.1) is 0 Å². The van der Waals surface area contributed by atoms with Gasteiger partial charge in [-0.2, -0.15) is 0 Å². The molecule has 6 heteroatoms. The van der Waals surface area contributed by atoms with E-state index < -0.39 is 17.6 Å². The highest BCUT2D eigenvalue weighted by Crippen LogP contribution is 2.40. The van der Waals surface area contributed by atoms with Gasteiger partial charge in [0.05, 0.1) is 0 Å². The Kier molecular flexibility index (Phi) is 3.49. The van der Waals surface area contributed by atoms with Crippen LogP contribution in [0.1, 0.15) is 20.8 Å². The van der Waals surface area contributed by atoms with Crippen molar-refractivity contribution in [3.63, 3.8) is 0 Å². The molecule has 19 heavy (non-hydrogen) atoms. The Morgan fingerprint density at radius 2 is 2.21 bits per heavy atom. The van der Waals surface area contributed by atoms with Crippen LogP contribution in [-0.2, 0) is 14.3 Å². The van der Waals surface area contributed by atoms with Gasteiger partial charge < -0.3 is 10.5 Å². The Hall–Kier alpha value is -1.27. The fourth-order valence-electron chi connectivity index (χ4n) is 2.01. The first-order chi connectivity index (χ1) is 8.76. The molecule has 0 aromatic carbocycles. The van der Waals surface area contributed by atoms with Gasteiger partial charge in [-0.15, -0.1) is 11.8 Å². The van der Waals surface area contributed by atoms with Crippen molar-refractivity contribution in [2.75, 3.05) is 5.75 Å². The molecule has 2 heterocycles. The quantitative estimate of drug-likeness (QED) is 0.604. The molecule has 0 aromatic heterocycles. The monoisotopic (exact) mass is 282 g/mol. The third-order valence-electron chi connectivity index (χ3n) is 2.88. The molecule has 2 rings (SSSR count). The lowest BCUT2D eigenvalue weighted by atomic mass is 10.0. The van der Waals surface area contributed by atoms with Gasteiger partial charge in [0.2, 0.25) is 5.91 Å². The predicted molar refractivity (Wildman–Crippen MR) is 74.1 cm³/mol. The average Bonchev–Trinajstić information content (AvgIpc) is 2.33. The zero-order valence-electron chi connectivity index (χ0n) is 11.3. The van der Waals surface area contributed by atoms with Crippen molar-refractivity contribution in [1.82, 2.24) is 4.90 Å². The molecule has 104 valence electrons. The standard InChI is InChI=1S/C13H18N2O3S/c1-5-7-6-19-11-8(14)10(16)15(11)9(7)12(17)18-13(2,3)4/h5,8,11H,1,6,14H2,2-4H3/t8?,11-/m1/s1. The Bertz CT molecular complexity index is 479. The molecule has 0 spiro atoms. The zero-order valence-corrected chi connectivity index (χ0v) is 12.1. The van der Waals surface area contributed by atoms with E-state index >= 15 is 0 Å². The molecule has 1 amide bonds. The number of ether oxygens (including phenoxy) is 1. The second-order valence-electron chi connectivity index (χ2n) is 5.52. The number of nitrogens with two attached hydrogens (primary N) is 1. The molecule has 1 saturated heterocycles. The van der Waals surface area contributed by atoms with Crippen molar-refractivity contribution in [1.29, 1.82) is 0 Å². The van der Waals surface area contributed by atoms with Gasteiger partial charge >= 0.3 is 5.97 Å². The number of carbonyl (C=O) groups excluding carboxylic acids is 2. The number of β-lactam (4-membered cyclic amide) rings is 1. The summed E-state index contributed by atoms with van der Waals surface area (Å²) in [6.07, 6.45) is 1.60. The van der Waals surface area contributed by atoms with Crippen molar-refractivity contribution < 1.29 is 14.3 Å². The summed E-state index contributed by atoms with van der Waals surface area (Å²) in [5.41, 5.74) is 6.15. The second kappa shape index (κ2) is 4.68. The molecule has 5 nitrogen and oxygen atoms in total. The van der Waals surface area contributed by atoms with Gasteiger partial charge in [0.1, 0.15) is 22.7 Å². The van der Waals surface area contributed by atoms with Gasteiger partial charge in [-0.1, -0.05) is 12.7 Å². The smallest absolute Gasteiger partial charge is 0.355 e. The molecule has 2 N–H and O–H groups in total. The first-order valence-electron chi connectivity index (χ1n) is 6.05. The number of hydrogen-bond donors (Lipinski definition) is 1. The number of hydrogen-bond acceptors (Lipinski definition) is 5. The minimum Gasteiger partial charge on any atom is -0.455 e. The maximum absolute atomic E-state index is 12.3. The predicted octanol–water partition coefficient (Wildman–Crippen LogP) is 1.01. The Balaban J connectivity index is 2.33. The van der Waals surface area contributed by atoms with Gasteiger partial charge in [-0.05, 0) is 26.3 Å². The number of thioether (sulfide) groups is 1. The van der Waals surface area contributed by atoms with Crippen molar-refractivity contribution in [3.8, 4) is 0 Å². The molecule has 2 aliphatic heterocycles. The maximum atomic E-state index is 12.3. The number of allylic oxidation sites excluding steroid dienone is 1. The minimum atomic E-state index is -0.605. The molecular weight excluding hydrogens is 264 g/mol. The van der Waals surface area contributed by atoms with Gasteiger partial charge in [0, 0.05) is 5.75 Å². The van der Waals surface area contributed by atoms with E-state index in [0.29, 0.717) is 11.4 Å². The van der Waals surface area contributed by atoms with Gasteiger partial charge in [0.15, 0.2) is 0 Å².